The van der Waals surface area contributed by atoms with Crippen molar-refractivity contribution in [2.24, 2.45) is 0 Å². The molecule has 0 aliphatic heterocycles. The molecule has 8 heteroatoms. The van der Waals surface area contributed by atoms with Crippen LogP contribution in [-0.4, -0.2) is 5.78 Å². The molecule has 2 aromatic carbocycles. The molecule has 0 radical (unpaired) electrons. The fourth-order valence-electron chi connectivity index (χ4n) is 1.96. The first-order valence-corrected chi connectivity index (χ1v) is 7.12. The minimum atomic E-state index is -4.94. The second-order valence-electron chi connectivity index (χ2n) is 5.04. The smallest absolute Gasteiger partial charge is 0.289 e. The van der Waals surface area contributed by atoms with Crippen molar-refractivity contribution in [1.82, 2.24) is 0 Å². The van der Waals surface area contributed by atoms with E-state index in [0.717, 1.165) is 12.2 Å². The van der Waals surface area contributed by atoms with Gasteiger partial charge in [-0.25, -0.2) is 0 Å². The first-order valence-electron chi connectivity index (χ1n) is 6.74. The fraction of sp³-hybridized carbons (Fsp3) is 0.118. The van der Waals surface area contributed by atoms with Crippen LogP contribution in [0.2, 0.25) is 5.02 Å². The third-order valence-electron chi connectivity index (χ3n) is 3.17. The van der Waals surface area contributed by atoms with Crippen LogP contribution in [-0.2, 0) is 12.4 Å². The Balaban J connectivity index is 2.37. The van der Waals surface area contributed by atoms with Crippen LogP contribution in [0.3, 0.4) is 0 Å². The number of hydrogen-bond donors (Lipinski definition) is 0. The van der Waals surface area contributed by atoms with Crippen molar-refractivity contribution in [3.63, 3.8) is 0 Å². The first kappa shape index (κ1) is 19.1. The molecule has 0 saturated carbocycles. The lowest BCUT2D eigenvalue weighted by Gasteiger charge is -2.12. The molecule has 0 heterocycles. The van der Waals surface area contributed by atoms with Gasteiger partial charge < -0.3 is 0 Å². The van der Waals surface area contributed by atoms with Crippen LogP contribution in [0.1, 0.15) is 27.0 Å². The molecule has 0 unspecified atom stereocenters. The lowest BCUT2D eigenvalue weighted by Crippen LogP contribution is -2.11. The highest BCUT2D eigenvalue weighted by Gasteiger charge is 2.36. The molecule has 0 aliphatic rings. The summed E-state index contributed by atoms with van der Waals surface area (Å²) in [5.41, 5.74) is -3.07. The van der Waals surface area contributed by atoms with Crippen LogP contribution in [0.5, 0.6) is 0 Å². The second-order valence-corrected chi connectivity index (χ2v) is 5.48. The summed E-state index contributed by atoms with van der Waals surface area (Å²) in [6, 6.07) is 6.77. The zero-order valence-electron chi connectivity index (χ0n) is 12.3. The van der Waals surface area contributed by atoms with E-state index in [-0.39, 0.29) is 17.2 Å². The van der Waals surface area contributed by atoms with Crippen molar-refractivity contribution in [3.05, 3.63) is 75.8 Å². The first-order chi connectivity index (χ1) is 11.5. The summed E-state index contributed by atoms with van der Waals surface area (Å²) >= 11 is 5.67. The minimum Gasteiger partial charge on any atom is -0.289 e. The van der Waals surface area contributed by atoms with E-state index < -0.39 is 29.3 Å². The molecule has 0 amide bonds. The van der Waals surface area contributed by atoms with E-state index in [1.165, 1.54) is 24.3 Å². The molecule has 0 saturated heterocycles. The quantitative estimate of drug-likeness (QED) is 0.349. The standard InChI is InChI=1S/C17H9ClF6O/c18-14-4-2-11(3-5-14)15(25)6-1-10-7-12(16(19,20)21)9-13(8-10)17(22,23)24/h1-9H/b6-1-. The number of allylic oxidation sites excluding steroid dienone is 1. The molecular weight excluding hydrogens is 370 g/mol. The highest BCUT2D eigenvalue weighted by Crippen LogP contribution is 2.36. The number of halogens is 7. The lowest BCUT2D eigenvalue weighted by molar-refractivity contribution is -0.143. The Kier molecular flexibility index (Phi) is 5.27. The van der Waals surface area contributed by atoms with Gasteiger partial charge in [0.1, 0.15) is 0 Å². The van der Waals surface area contributed by atoms with E-state index in [1.54, 1.807) is 0 Å². The van der Waals surface area contributed by atoms with Gasteiger partial charge in [-0.3, -0.25) is 4.79 Å². The van der Waals surface area contributed by atoms with E-state index in [2.05, 4.69) is 0 Å². The molecule has 0 aliphatic carbocycles. The zero-order valence-corrected chi connectivity index (χ0v) is 13.0. The van der Waals surface area contributed by atoms with E-state index >= 15 is 0 Å². The van der Waals surface area contributed by atoms with Gasteiger partial charge in [0.15, 0.2) is 5.78 Å². The van der Waals surface area contributed by atoms with Gasteiger partial charge in [-0.05, 0) is 54.1 Å². The van der Waals surface area contributed by atoms with Gasteiger partial charge in [-0.1, -0.05) is 17.7 Å². The number of carbonyl (C=O) groups is 1. The summed E-state index contributed by atoms with van der Waals surface area (Å²) in [7, 11) is 0. The maximum Gasteiger partial charge on any atom is 0.416 e. The van der Waals surface area contributed by atoms with Gasteiger partial charge >= 0.3 is 12.4 Å². The Morgan fingerprint density at radius 1 is 0.840 bits per heavy atom. The third kappa shape index (κ3) is 5.09. The van der Waals surface area contributed by atoms with Gasteiger partial charge in [-0.15, -0.1) is 0 Å². The Bertz CT molecular complexity index is 771. The van der Waals surface area contributed by atoms with Crippen molar-refractivity contribution in [3.8, 4) is 0 Å². The average molecular weight is 379 g/mol. The van der Waals surface area contributed by atoms with Gasteiger partial charge in [0, 0.05) is 10.6 Å². The molecule has 0 fully saturated rings. The average Bonchev–Trinajstić information content (AvgIpc) is 2.51. The summed E-state index contributed by atoms with van der Waals surface area (Å²) in [6.07, 6.45) is -8.08. The van der Waals surface area contributed by atoms with E-state index in [0.29, 0.717) is 17.2 Å². The molecule has 25 heavy (non-hydrogen) atoms. The molecule has 0 aromatic heterocycles. The molecular formula is C17H9ClF6O. The summed E-state index contributed by atoms with van der Waals surface area (Å²) in [4.78, 5) is 11.9. The Morgan fingerprint density at radius 2 is 1.32 bits per heavy atom. The molecule has 132 valence electrons. The SMILES string of the molecule is O=C(/C=C\c1cc(C(F)(F)F)cc(C(F)(F)F)c1)c1ccc(Cl)cc1. The van der Waals surface area contributed by atoms with Gasteiger partial charge in [-0.2, -0.15) is 26.3 Å². The second kappa shape index (κ2) is 6.92. The van der Waals surface area contributed by atoms with Crippen LogP contribution in [0.25, 0.3) is 6.08 Å². The van der Waals surface area contributed by atoms with Crippen LogP contribution in [0.4, 0.5) is 26.3 Å². The molecule has 1 nitrogen and oxygen atoms in total. The maximum atomic E-state index is 12.8. The van der Waals surface area contributed by atoms with Crippen molar-refractivity contribution < 1.29 is 31.1 Å². The monoisotopic (exact) mass is 378 g/mol. The molecule has 0 atom stereocenters. The minimum absolute atomic E-state index is 0.0261. The van der Waals surface area contributed by atoms with Gasteiger partial charge in [0.25, 0.3) is 0 Å². The van der Waals surface area contributed by atoms with Crippen LogP contribution in [0, 0.1) is 0 Å². The molecule has 0 spiro atoms. The number of ketones is 1. The normalized spacial score (nSPS) is 12.6. The highest BCUT2D eigenvalue weighted by atomic mass is 35.5. The van der Waals surface area contributed by atoms with Crippen molar-refractivity contribution in [1.29, 1.82) is 0 Å². The Labute approximate surface area is 143 Å². The molecule has 2 aromatic rings. The summed E-state index contributed by atoms with van der Waals surface area (Å²) in [5, 5.41) is 0.383. The van der Waals surface area contributed by atoms with Crippen molar-refractivity contribution in [2.45, 2.75) is 12.4 Å². The predicted octanol–water partition coefficient (Wildman–Crippen LogP) is 6.27. The number of rotatable bonds is 3. The molecule has 0 bridgehead atoms. The molecule has 2 rings (SSSR count). The topological polar surface area (TPSA) is 17.1 Å². The summed E-state index contributed by atoms with van der Waals surface area (Å²) in [6.45, 7) is 0. The summed E-state index contributed by atoms with van der Waals surface area (Å²) < 4.78 is 76.6. The third-order valence-corrected chi connectivity index (χ3v) is 3.42. The van der Waals surface area contributed by atoms with E-state index in [1.807, 2.05) is 0 Å². The maximum absolute atomic E-state index is 12.8. The van der Waals surface area contributed by atoms with Crippen molar-refractivity contribution in [2.75, 3.05) is 0 Å². The van der Waals surface area contributed by atoms with Crippen LogP contribution < -0.4 is 0 Å². The largest absolute Gasteiger partial charge is 0.416 e. The van der Waals surface area contributed by atoms with Crippen LogP contribution >= 0.6 is 11.6 Å². The number of hydrogen-bond acceptors (Lipinski definition) is 1. The number of alkyl halides is 6. The Morgan fingerprint density at radius 3 is 1.76 bits per heavy atom. The number of carbonyl (C=O) groups excluding carboxylic acids is 1. The van der Waals surface area contributed by atoms with Gasteiger partial charge in [0.05, 0.1) is 11.1 Å². The zero-order chi connectivity index (χ0) is 18.8. The van der Waals surface area contributed by atoms with E-state index in [4.69, 9.17) is 11.6 Å². The molecule has 0 N–H and O–H groups in total. The predicted molar refractivity (Wildman–Crippen MR) is 81.3 cm³/mol. The fourth-order valence-corrected chi connectivity index (χ4v) is 2.08. The number of benzene rings is 2. The van der Waals surface area contributed by atoms with E-state index in [9.17, 15) is 31.1 Å². The summed E-state index contributed by atoms with van der Waals surface area (Å²) in [5.74, 6) is -0.581. The lowest BCUT2D eigenvalue weighted by atomic mass is 10.0. The van der Waals surface area contributed by atoms with Crippen molar-refractivity contribution >= 4 is 23.5 Å². The Hall–Kier alpha value is -2.28. The highest BCUT2D eigenvalue weighted by molar-refractivity contribution is 6.30. The van der Waals surface area contributed by atoms with Crippen LogP contribution in [0.15, 0.2) is 48.5 Å². The van der Waals surface area contributed by atoms with Gasteiger partial charge in [0.2, 0.25) is 0 Å².